The molecule has 0 saturated carbocycles. The molecule has 1 heterocycles. The van der Waals surface area contributed by atoms with Crippen LogP contribution in [0.25, 0.3) is 0 Å². The van der Waals surface area contributed by atoms with Crippen molar-refractivity contribution in [3.8, 4) is 0 Å². The van der Waals surface area contributed by atoms with Crippen LogP contribution >= 0.6 is 15.9 Å². The third-order valence-corrected chi connectivity index (χ3v) is 4.55. The fourth-order valence-electron chi connectivity index (χ4n) is 2.82. The molecule has 1 N–H and O–H groups in total. The van der Waals surface area contributed by atoms with Gasteiger partial charge >= 0.3 is 0 Å². The summed E-state index contributed by atoms with van der Waals surface area (Å²) < 4.78 is 7.26. The topological polar surface area (TPSA) is 21.3 Å². The van der Waals surface area contributed by atoms with Gasteiger partial charge in [-0.25, -0.2) is 0 Å². The van der Waals surface area contributed by atoms with Crippen molar-refractivity contribution < 1.29 is 4.74 Å². The van der Waals surface area contributed by atoms with Crippen LogP contribution in [0.15, 0.2) is 22.7 Å². The molecular formula is C17H26BrNO. The summed E-state index contributed by atoms with van der Waals surface area (Å²) >= 11 is 3.70. The first-order valence-electron chi connectivity index (χ1n) is 7.66. The molecule has 0 aromatic heterocycles. The minimum atomic E-state index is 0.221. The summed E-state index contributed by atoms with van der Waals surface area (Å²) in [5.41, 5.74) is 2.58. The van der Waals surface area contributed by atoms with Crippen molar-refractivity contribution in [1.82, 2.24) is 5.32 Å². The average molecular weight is 340 g/mol. The standard InChI is InChI=1S/C17H26BrNO/c1-12(2)10-19-11-14-5-4-8-20-17(14)15-7-6-13(3)9-16(15)18/h6-7,9,12,14,17,19H,4-5,8,10-11H2,1-3H3. The smallest absolute Gasteiger partial charge is 0.0876 e. The molecule has 1 saturated heterocycles. The van der Waals surface area contributed by atoms with Crippen molar-refractivity contribution in [3.05, 3.63) is 33.8 Å². The maximum Gasteiger partial charge on any atom is 0.0876 e. The molecular weight excluding hydrogens is 314 g/mol. The molecule has 3 heteroatoms. The lowest BCUT2D eigenvalue weighted by Gasteiger charge is -2.33. The first kappa shape index (κ1) is 16.0. The Morgan fingerprint density at radius 1 is 1.40 bits per heavy atom. The number of benzene rings is 1. The quantitative estimate of drug-likeness (QED) is 0.854. The van der Waals surface area contributed by atoms with Gasteiger partial charge in [-0.1, -0.05) is 41.9 Å². The van der Waals surface area contributed by atoms with E-state index in [2.05, 4.69) is 60.2 Å². The lowest BCUT2D eigenvalue weighted by Crippen LogP contribution is -2.33. The molecule has 20 heavy (non-hydrogen) atoms. The molecule has 2 unspecified atom stereocenters. The lowest BCUT2D eigenvalue weighted by atomic mass is 9.89. The summed E-state index contributed by atoms with van der Waals surface area (Å²) in [5, 5.41) is 3.59. The van der Waals surface area contributed by atoms with Crippen molar-refractivity contribution in [2.24, 2.45) is 11.8 Å². The zero-order chi connectivity index (χ0) is 14.5. The Balaban J connectivity index is 2.06. The van der Waals surface area contributed by atoms with Crippen LogP contribution in [0.1, 0.15) is 43.9 Å². The van der Waals surface area contributed by atoms with Gasteiger partial charge in [0.2, 0.25) is 0 Å². The maximum absolute atomic E-state index is 6.08. The first-order chi connectivity index (χ1) is 9.58. The zero-order valence-corrected chi connectivity index (χ0v) is 14.4. The van der Waals surface area contributed by atoms with Crippen molar-refractivity contribution in [2.45, 2.75) is 39.7 Å². The molecule has 1 fully saturated rings. The second-order valence-corrected chi connectivity index (χ2v) is 7.13. The third kappa shape index (κ3) is 4.31. The van der Waals surface area contributed by atoms with E-state index in [1.54, 1.807) is 0 Å². The monoisotopic (exact) mass is 339 g/mol. The second kappa shape index (κ2) is 7.58. The highest BCUT2D eigenvalue weighted by atomic mass is 79.9. The van der Waals surface area contributed by atoms with Gasteiger partial charge in [0.1, 0.15) is 0 Å². The number of hydrogen-bond acceptors (Lipinski definition) is 2. The van der Waals surface area contributed by atoms with Crippen molar-refractivity contribution in [3.63, 3.8) is 0 Å². The third-order valence-electron chi connectivity index (χ3n) is 3.87. The highest BCUT2D eigenvalue weighted by Crippen LogP contribution is 2.37. The Kier molecular flexibility index (Phi) is 6.06. The molecule has 1 aromatic carbocycles. The number of rotatable bonds is 5. The van der Waals surface area contributed by atoms with E-state index < -0.39 is 0 Å². The summed E-state index contributed by atoms with van der Waals surface area (Å²) in [5.74, 6) is 1.27. The predicted octanol–water partition coefficient (Wildman–Crippen LogP) is 4.47. The predicted molar refractivity (Wildman–Crippen MR) is 88.0 cm³/mol. The van der Waals surface area contributed by atoms with Crippen LogP contribution in [0, 0.1) is 18.8 Å². The molecule has 0 bridgehead atoms. The molecule has 0 spiro atoms. The normalized spacial score (nSPS) is 23.2. The number of halogens is 1. The van der Waals surface area contributed by atoms with Crippen LogP contribution in [0.4, 0.5) is 0 Å². The highest BCUT2D eigenvalue weighted by molar-refractivity contribution is 9.10. The number of hydrogen-bond donors (Lipinski definition) is 1. The van der Waals surface area contributed by atoms with Crippen LogP contribution in [0.3, 0.4) is 0 Å². The van der Waals surface area contributed by atoms with E-state index in [0.29, 0.717) is 11.8 Å². The van der Waals surface area contributed by atoms with Crippen LogP contribution in [-0.4, -0.2) is 19.7 Å². The molecule has 1 aliphatic heterocycles. The van der Waals surface area contributed by atoms with Crippen molar-refractivity contribution in [2.75, 3.05) is 19.7 Å². The van der Waals surface area contributed by atoms with Gasteiger partial charge in [0, 0.05) is 23.5 Å². The van der Waals surface area contributed by atoms with Gasteiger partial charge in [0.05, 0.1) is 6.10 Å². The van der Waals surface area contributed by atoms with E-state index in [0.717, 1.165) is 19.7 Å². The van der Waals surface area contributed by atoms with Crippen LogP contribution in [0.5, 0.6) is 0 Å². The largest absolute Gasteiger partial charge is 0.373 e. The molecule has 0 amide bonds. The average Bonchev–Trinajstić information content (AvgIpc) is 2.39. The molecule has 2 atom stereocenters. The number of nitrogens with one attached hydrogen (secondary N) is 1. The van der Waals surface area contributed by atoms with Gasteiger partial charge in [0.15, 0.2) is 0 Å². The second-order valence-electron chi connectivity index (χ2n) is 6.27. The van der Waals surface area contributed by atoms with Crippen molar-refractivity contribution in [1.29, 1.82) is 0 Å². The van der Waals surface area contributed by atoms with Gasteiger partial charge in [0.25, 0.3) is 0 Å². The minimum Gasteiger partial charge on any atom is -0.373 e. The summed E-state index contributed by atoms with van der Waals surface area (Å²) in [6, 6.07) is 6.58. The van der Waals surface area contributed by atoms with Gasteiger partial charge < -0.3 is 10.1 Å². The van der Waals surface area contributed by atoms with E-state index in [9.17, 15) is 0 Å². The minimum absolute atomic E-state index is 0.221. The summed E-state index contributed by atoms with van der Waals surface area (Å²) in [6.07, 6.45) is 2.64. The Morgan fingerprint density at radius 2 is 2.20 bits per heavy atom. The fraction of sp³-hybridized carbons (Fsp3) is 0.647. The van der Waals surface area contributed by atoms with E-state index in [1.807, 2.05) is 0 Å². The zero-order valence-electron chi connectivity index (χ0n) is 12.8. The van der Waals surface area contributed by atoms with Gasteiger partial charge in [-0.05, 0) is 49.4 Å². The Bertz CT molecular complexity index is 433. The molecule has 2 rings (SSSR count). The Morgan fingerprint density at radius 3 is 2.90 bits per heavy atom. The van der Waals surface area contributed by atoms with Gasteiger partial charge in [-0.3, -0.25) is 0 Å². The SMILES string of the molecule is Cc1ccc(C2OCCCC2CNCC(C)C)c(Br)c1. The molecule has 1 aliphatic rings. The van der Waals surface area contributed by atoms with E-state index in [4.69, 9.17) is 4.74 Å². The molecule has 2 nitrogen and oxygen atoms in total. The van der Waals surface area contributed by atoms with Gasteiger partial charge in [-0.2, -0.15) is 0 Å². The van der Waals surface area contributed by atoms with E-state index in [-0.39, 0.29) is 6.10 Å². The number of ether oxygens (including phenoxy) is 1. The first-order valence-corrected chi connectivity index (χ1v) is 8.45. The van der Waals surface area contributed by atoms with Gasteiger partial charge in [-0.15, -0.1) is 0 Å². The summed E-state index contributed by atoms with van der Waals surface area (Å²) in [7, 11) is 0. The number of aryl methyl sites for hydroxylation is 1. The van der Waals surface area contributed by atoms with Crippen LogP contribution < -0.4 is 5.32 Å². The van der Waals surface area contributed by atoms with E-state index >= 15 is 0 Å². The summed E-state index contributed by atoms with van der Waals surface area (Å²) in [6.45, 7) is 9.63. The van der Waals surface area contributed by atoms with Crippen LogP contribution in [0.2, 0.25) is 0 Å². The maximum atomic E-state index is 6.08. The van der Waals surface area contributed by atoms with Crippen molar-refractivity contribution >= 4 is 15.9 Å². The van der Waals surface area contributed by atoms with E-state index in [1.165, 1.54) is 28.4 Å². The molecule has 0 radical (unpaired) electrons. The Labute approximate surface area is 131 Å². The van der Waals surface area contributed by atoms with Crippen LogP contribution in [-0.2, 0) is 4.74 Å². The molecule has 1 aromatic rings. The summed E-state index contributed by atoms with van der Waals surface area (Å²) in [4.78, 5) is 0. The fourth-order valence-corrected chi connectivity index (χ4v) is 3.54. The Hall–Kier alpha value is -0.380. The molecule has 0 aliphatic carbocycles. The molecule has 112 valence electrons. The lowest BCUT2D eigenvalue weighted by molar-refractivity contribution is -0.0283. The highest BCUT2D eigenvalue weighted by Gasteiger charge is 2.28.